The summed E-state index contributed by atoms with van der Waals surface area (Å²) < 4.78 is 5.96. The Morgan fingerprint density at radius 1 is 1.36 bits per heavy atom. The van der Waals surface area contributed by atoms with Crippen molar-refractivity contribution in [1.82, 2.24) is 9.88 Å². The van der Waals surface area contributed by atoms with Crippen molar-refractivity contribution in [1.29, 1.82) is 0 Å². The topological polar surface area (TPSA) is 62.7 Å². The van der Waals surface area contributed by atoms with Crippen molar-refractivity contribution < 1.29 is 14.6 Å². The van der Waals surface area contributed by atoms with Gasteiger partial charge in [-0.2, -0.15) is 0 Å². The Bertz CT molecular complexity index is 568. The maximum absolute atomic E-state index is 12.5. The van der Waals surface area contributed by atoms with E-state index in [2.05, 4.69) is 4.98 Å². The minimum Gasteiger partial charge on any atom is -0.390 e. The molecule has 3 rings (SSSR count). The van der Waals surface area contributed by atoms with Gasteiger partial charge in [-0.3, -0.25) is 9.78 Å². The molecule has 1 unspecified atom stereocenters. The van der Waals surface area contributed by atoms with Crippen LogP contribution in [0.1, 0.15) is 43.0 Å². The van der Waals surface area contributed by atoms with E-state index in [0.29, 0.717) is 43.1 Å². The Labute approximate surface area is 135 Å². The van der Waals surface area contributed by atoms with E-state index in [-0.39, 0.29) is 11.5 Å². The predicted octanol–water partition coefficient (Wildman–Crippen LogP) is 2.27. The molecule has 3 heterocycles. The lowest BCUT2D eigenvalue weighted by atomic mass is 9.78. The second-order valence-corrected chi connectivity index (χ2v) is 7.08. The molecule has 1 spiro atoms. The molecule has 0 radical (unpaired) electrons. The molecule has 0 aliphatic carbocycles. The summed E-state index contributed by atoms with van der Waals surface area (Å²) in [6.45, 7) is 3.70. The van der Waals surface area contributed by atoms with Gasteiger partial charge in [-0.05, 0) is 32.3 Å². The van der Waals surface area contributed by atoms with Crippen LogP contribution in [-0.2, 0) is 4.74 Å². The summed E-state index contributed by atoms with van der Waals surface area (Å²) in [5.41, 5.74) is -0.438. The van der Waals surface area contributed by atoms with Gasteiger partial charge < -0.3 is 14.7 Å². The van der Waals surface area contributed by atoms with Crippen LogP contribution in [0.3, 0.4) is 0 Å². The standard InChI is InChI=1S/C16H21ClN2O3/c1-15(21)4-7-22-16(11-15)2-5-19(6-3-16)14(20)12-8-13(17)10-18-9-12/h8-10,21H,2-7,11H2,1H3. The van der Waals surface area contributed by atoms with E-state index in [0.717, 1.165) is 12.8 Å². The van der Waals surface area contributed by atoms with Gasteiger partial charge in [0.05, 0.1) is 28.4 Å². The van der Waals surface area contributed by atoms with Gasteiger partial charge >= 0.3 is 0 Å². The zero-order valence-electron chi connectivity index (χ0n) is 12.7. The summed E-state index contributed by atoms with van der Waals surface area (Å²) in [7, 11) is 0. The largest absolute Gasteiger partial charge is 0.390 e. The fraction of sp³-hybridized carbons (Fsp3) is 0.625. The minimum absolute atomic E-state index is 0.0487. The van der Waals surface area contributed by atoms with Crippen LogP contribution >= 0.6 is 11.6 Å². The maximum Gasteiger partial charge on any atom is 0.255 e. The average molecular weight is 325 g/mol. The van der Waals surface area contributed by atoms with E-state index in [9.17, 15) is 9.90 Å². The molecule has 0 bridgehead atoms. The van der Waals surface area contributed by atoms with E-state index in [4.69, 9.17) is 16.3 Å². The number of nitrogens with zero attached hydrogens (tertiary/aromatic N) is 2. The molecule has 2 aliphatic rings. The fourth-order valence-electron chi connectivity index (χ4n) is 3.47. The predicted molar refractivity (Wildman–Crippen MR) is 82.9 cm³/mol. The van der Waals surface area contributed by atoms with Crippen LogP contribution in [0.5, 0.6) is 0 Å². The lowest BCUT2D eigenvalue weighted by Crippen LogP contribution is -2.54. The summed E-state index contributed by atoms with van der Waals surface area (Å²) in [6.07, 6.45) is 5.88. The Balaban J connectivity index is 1.65. The molecule has 1 atom stereocenters. The Morgan fingerprint density at radius 3 is 2.73 bits per heavy atom. The third-order valence-corrected chi connectivity index (χ3v) is 4.87. The first kappa shape index (κ1) is 15.7. The Kier molecular flexibility index (Phi) is 4.14. The zero-order chi connectivity index (χ0) is 15.8. The van der Waals surface area contributed by atoms with Gasteiger partial charge in [-0.25, -0.2) is 0 Å². The first-order chi connectivity index (χ1) is 10.4. The number of hydrogen-bond acceptors (Lipinski definition) is 4. The molecular formula is C16H21ClN2O3. The second kappa shape index (κ2) is 5.80. The van der Waals surface area contributed by atoms with Crippen LogP contribution < -0.4 is 0 Å². The number of amides is 1. The summed E-state index contributed by atoms with van der Waals surface area (Å²) in [5.74, 6) is -0.0487. The summed E-state index contributed by atoms with van der Waals surface area (Å²) in [6, 6.07) is 1.64. The fourth-order valence-corrected chi connectivity index (χ4v) is 3.64. The number of carbonyl (C=O) groups is 1. The number of piperidine rings is 1. The van der Waals surface area contributed by atoms with Crippen LogP contribution in [0.15, 0.2) is 18.5 Å². The van der Waals surface area contributed by atoms with Crippen LogP contribution in [0.4, 0.5) is 0 Å². The molecule has 1 amide bonds. The van der Waals surface area contributed by atoms with Gasteiger partial charge in [0.2, 0.25) is 0 Å². The number of carbonyl (C=O) groups excluding carboxylic acids is 1. The number of pyridine rings is 1. The first-order valence-electron chi connectivity index (χ1n) is 7.65. The molecule has 2 fully saturated rings. The van der Waals surface area contributed by atoms with Crippen LogP contribution in [0, 0.1) is 0 Å². The van der Waals surface area contributed by atoms with Gasteiger partial charge in [0.25, 0.3) is 5.91 Å². The normalized spacial score (nSPS) is 27.9. The smallest absolute Gasteiger partial charge is 0.255 e. The average Bonchev–Trinajstić information content (AvgIpc) is 2.46. The summed E-state index contributed by atoms with van der Waals surface area (Å²) in [4.78, 5) is 18.3. The molecule has 6 heteroatoms. The monoisotopic (exact) mass is 324 g/mol. The maximum atomic E-state index is 12.5. The third-order valence-electron chi connectivity index (χ3n) is 4.67. The van der Waals surface area contributed by atoms with Crippen molar-refractivity contribution in [2.24, 2.45) is 0 Å². The number of rotatable bonds is 1. The molecule has 1 N–H and O–H groups in total. The van der Waals surface area contributed by atoms with Crippen molar-refractivity contribution in [3.63, 3.8) is 0 Å². The lowest BCUT2D eigenvalue weighted by molar-refractivity contribution is -0.170. The van der Waals surface area contributed by atoms with Crippen molar-refractivity contribution in [2.45, 2.75) is 43.8 Å². The van der Waals surface area contributed by atoms with Gasteiger partial charge in [0.1, 0.15) is 0 Å². The van der Waals surface area contributed by atoms with Crippen LogP contribution in [0.25, 0.3) is 0 Å². The lowest BCUT2D eigenvalue weighted by Gasteiger charge is -2.48. The quantitative estimate of drug-likeness (QED) is 0.860. The number of hydrogen-bond donors (Lipinski definition) is 1. The Hall–Kier alpha value is -1.17. The number of aliphatic hydroxyl groups is 1. The van der Waals surface area contributed by atoms with E-state index in [1.54, 1.807) is 12.3 Å². The highest BCUT2D eigenvalue weighted by Crippen LogP contribution is 2.39. The SMILES string of the molecule is CC1(O)CCOC2(CCN(C(=O)c3cncc(Cl)c3)CC2)C1. The number of halogens is 1. The first-order valence-corrected chi connectivity index (χ1v) is 8.03. The van der Waals surface area contributed by atoms with Crippen molar-refractivity contribution in [3.8, 4) is 0 Å². The Morgan fingerprint density at radius 2 is 2.09 bits per heavy atom. The molecule has 1 aromatic heterocycles. The summed E-state index contributed by atoms with van der Waals surface area (Å²) in [5, 5.41) is 10.8. The van der Waals surface area contributed by atoms with E-state index >= 15 is 0 Å². The zero-order valence-corrected chi connectivity index (χ0v) is 13.5. The molecule has 120 valence electrons. The highest BCUT2D eigenvalue weighted by atomic mass is 35.5. The number of aromatic nitrogens is 1. The molecular weight excluding hydrogens is 304 g/mol. The second-order valence-electron chi connectivity index (χ2n) is 6.64. The number of ether oxygens (including phenoxy) is 1. The van der Waals surface area contributed by atoms with Crippen LogP contribution in [0.2, 0.25) is 5.02 Å². The molecule has 2 saturated heterocycles. The molecule has 0 saturated carbocycles. The number of likely N-dealkylation sites (tertiary alicyclic amines) is 1. The van der Waals surface area contributed by atoms with Gasteiger partial charge in [0.15, 0.2) is 0 Å². The van der Waals surface area contributed by atoms with E-state index < -0.39 is 5.60 Å². The minimum atomic E-state index is -0.665. The van der Waals surface area contributed by atoms with Crippen LogP contribution in [-0.4, -0.2) is 51.8 Å². The molecule has 0 aromatic carbocycles. The molecule has 22 heavy (non-hydrogen) atoms. The van der Waals surface area contributed by atoms with Gasteiger partial charge in [-0.15, -0.1) is 0 Å². The van der Waals surface area contributed by atoms with E-state index in [1.165, 1.54) is 6.20 Å². The van der Waals surface area contributed by atoms with Gasteiger partial charge in [0, 0.05) is 31.9 Å². The van der Waals surface area contributed by atoms with Crippen molar-refractivity contribution >= 4 is 17.5 Å². The molecule has 1 aromatic rings. The molecule has 2 aliphatic heterocycles. The van der Waals surface area contributed by atoms with Gasteiger partial charge in [-0.1, -0.05) is 11.6 Å². The summed E-state index contributed by atoms with van der Waals surface area (Å²) >= 11 is 5.89. The highest BCUT2D eigenvalue weighted by Gasteiger charge is 2.44. The van der Waals surface area contributed by atoms with E-state index in [1.807, 2.05) is 11.8 Å². The van der Waals surface area contributed by atoms with Crippen molar-refractivity contribution in [3.05, 3.63) is 29.0 Å². The van der Waals surface area contributed by atoms with Crippen molar-refractivity contribution in [2.75, 3.05) is 19.7 Å². The molecule has 5 nitrogen and oxygen atoms in total. The highest BCUT2D eigenvalue weighted by molar-refractivity contribution is 6.30. The third kappa shape index (κ3) is 3.26.